The third-order valence-electron chi connectivity index (χ3n) is 1.70. The van der Waals surface area contributed by atoms with Crippen LogP contribution in [0.2, 0.25) is 0 Å². The zero-order valence-corrected chi connectivity index (χ0v) is 7.48. The Morgan fingerprint density at radius 2 is 2.00 bits per heavy atom. The average molecular weight is 151 g/mol. The lowest BCUT2D eigenvalue weighted by Crippen LogP contribution is -2.08. The second-order valence-electron chi connectivity index (χ2n) is 2.47. The normalized spacial score (nSPS) is 12.2. The fraction of sp³-hybridized carbons (Fsp3) is 0.400. The van der Waals surface area contributed by atoms with Crippen LogP contribution in [0.15, 0.2) is 36.5 Å². The summed E-state index contributed by atoms with van der Waals surface area (Å²) in [6.45, 7) is 10.5. The highest BCUT2D eigenvalue weighted by Crippen LogP contribution is 2.09. The lowest BCUT2D eigenvalue weighted by Gasteiger charge is -2.03. The minimum Gasteiger partial charge on any atom is -0.319 e. The summed E-state index contributed by atoms with van der Waals surface area (Å²) in [5.74, 6) is 0. The molecule has 11 heavy (non-hydrogen) atoms. The molecule has 0 saturated carbocycles. The molecule has 0 bridgehead atoms. The first-order valence-corrected chi connectivity index (χ1v) is 3.85. The van der Waals surface area contributed by atoms with Crippen molar-refractivity contribution in [3.8, 4) is 0 Å². The Hall–Kier alpha value is -0.820. The fourth-order valence-electron chi connectivity index (χ4n) is 0.851. The Morgan fingerprint density at radius 1 is 1.36 bits per heavy atom. The molecule has 1 heteroatoms. The predicted octanol–water partition coefficient (Wildman–Crippen LogP) is 2.28. The van der Waals surface area contributed by atoms with Crippen molar-refractivity contribution in [2.75, 3.05) is 13.6 Å². The second kappa shape index (κ2) is 5.93. The largest absolute Gasteiger partial charge is 0.319 e. The molecule has 0 atom stereocenters. The molecule has 0 aliphatic rings. The lowest BCUT2D eigenvalue weighted by molar-refractivity contribution is 0.791. The summed E-state index contributed by atoms with van der Waals surface area (Å²) in [4.78, 5) is 0. The van der Waals surface area contributed by atoms with Gasteiger partial charge in [-0.05, 0) is 38.1 Å². The minimum absolute atomic E-state index is 0.993. The van der Waals surface area contributed by atoms with Gasteiger partial charge in [0.25, 0.3) is 0 Å². The van der Waals surface area contributed by atoms with Crippen molar-refractivity contribution in [3.63, 3.8) is 0 Å². The van der Waals surface area contributed by atoms with Crippen LogP contribution in [-0.4, -0.2) is 13.6 Å². The summed E-state index contributed by atoms with van der Waals surface area (Å²) in [7, 11) is 1.95. The molecule has 0 heterocycles. The smallest absolute Gasteiger partial charge is 0.00113 e. The molecule has 0 unspecified atom stereocenters. The summed E-state index contributed by atoms with van der Waals surface area (Å²) in [5.41, 5.74) is 2.49. The van der Waals surface area contributed by atoms with E-state index in [0.717, 1.165) is 13.0 Å². The van der Waals surface area contributed by atoms with Gasteiger partial charge in [-0.1, -0.05) is 25.3 Å². The average Bonchev–Trinajstić information content (AvgIpc) is 2.05. The van der Waals surface area contributed by atoms with Crippen LogP contribution in [0.3, 0.4) is 0 Å². The monoisotopic (exact) mass is 151 g/mol. The van der Waals surface area contributed by atoms with E-state index in [9.17, 15) is 0 Å². The molecule has 0 saturated heterocycles. The van der Waals surface area contributed by atoms with Gasteiger partial charge < -0.3 is 5.32 Å². The van der Waals surface area contributed by atoms with Crippen molar-refractivity contribution in [2.45, 2.75) is 13.3 Å². The predicted molar refractivity (Wildman–Crippen MR) is 51.6 cm³/mol. The van der Waals surface area contributed by atoms with Crippen molar-refractivity contribution in [3.05, 3.63) is 36.5 Å². The van der Waals surface area contributed by atoms with Gasteiger partial charge in [0, 0.05) is 0 Å². The maximum absolute atomic E-state index is 3.75. The van der Waals surface area contributed by atoms with E-state index in [1.54, 1.807) is 0 Å². The highest BCUT2D eigenvalue weighted by Gasteiger charge is 1.93. The summed E-state index contributed by atoms with van der Waals surface area (Å²) in [5, 5.41) is 3.10. The maximum atomic E-state index is 3.75. The van der Waals surface area contributed by atoms with Crippen molar-refractivity contribution in [2.24, 2.45) is 0 Å². The van der Waals surface area contributed by atoms with Crippen LogP contribution in [0, 0.1) is 0 Å². The van der Waals surface area contributed by atoms with Gasteiger partial charge >= 0.3 is 0 Å². The first-order chi connectivity index (χ1) is 5.26. The quantitative estimate of drug-likeness (QED) is 0.594. The molecule has 62 valence electrons. The standard InChI is InChI=1S/C10H17N/c1-5-9(3)10(6-2)7-8-11-4/h5-6,11H,1-2,7-8H2,3-4H3/b10-9+. The fourth-order valence-corrected chi connectivity index (χ4v) is 0.851. The Balaban J connectivity index is 4.14. The van der Waals surface area contributed by atoms with Gasteiger partial charge in [0.05, 0.1) is 0 Å². The van der Waals surface area contributed by atoms with E-state index < -0.39 is 0 Å². The van der Waals surface area contributed by atoms with Gasteiger partial charge in [0.15, 0.2) is 0 Å². The molecule has 0 radical (unpaired) electrons. The lowest BCUT2D eigenvalue weighted by atomic mass is 10.1. The molecule has 1 N–H and O–H groups in total. The third-order valence-corrected chi connectivity index (χ3v) is 1.70. The van der Waals surface area contributed by atoms with Crippen LogP contribution in [0.1, 0.15) is 13.3 Å². The van der Waals surface area contributed by atoms with Crippen molar-refractivity contribution >= 4 is 0 Å². The van der Waals surface area contributed by atoms with Gasteiger partial charge in [-0.2, -0.15) is 0 Å². The highest BCUT2D eigenvalue weighted by atomic mass is 14.8. The van der Waals surface area contributed by atoms with Crippen LogP contribution >= 0.6 is 0 Å². The van der Waals surface area contributed by atoms with Gasteiger partial charge in [0.2, 0.25) is 0 Å². The van der Waals surface area contributed by atoms with E-state index in [1.807, 2.05) is 19.2 Å². The van der Waals surface area contributed by atoms with Crippen LogP contribution in [0.25, 0.3) is 0 Å². The van der Waals surface area contributed by atoms with Gasteiger partial charge in [-0.15, -0.1) is 0 Å². The number of nitrogens with one attached hydrogen (secondary N) is 1. The molecule has 0 amide bonds. The number of hydrogen-bond acceptors (Lipinski definition) is 1. The van der Waals surface area contributed by atoms with E-state index in [0.29, 0.717) is 0 Å². The van der Waals surface area contributed by atoms with Crippen LogP contribution in [0.4, 0.5) is 0 Å². The first-order valence-electron chi connectivity index (χ1n) is 3.85. The molecular formula is C10H17N. The first kappa shape index (κ1) is 10.2. The van der Waals surface area contributed by atoms with Crippen LogP contribution in [0.5, 0.6) is 0 Å². The molecule has 0 spiro atoms. The molecule has 0 rings (SSSR count). The van der Waals surface area contributed by atoms with Crippen molar-refractivity contribution in [1.82, 2.24) is 5.32 Å². The molecule has 0 aromatic carbocycles. The van der Waals surface area contributed by atoms with E-state index in [4.69, 9.17) is 0 Å². The summed E-state index contributed by atoms with van der Waals surface area (Å²) >= 11 is 0. The van der Waals surface area contributed by atoms with Crippen LogP contribution in [-0.2, 0) is 0 Å². The van der Waals surface area contributed by atoms with E-state index in [-0.39, 0.29) is 0 Å². The Labute approximate surface area is 69.5 Å². The number of hydrogen-bond donors (Lipinski definition) is 1. The summed E-state index contributed by atoms with van der Waals surface area (Å²) < 4.78 is 0. The van der Waals surface area contributed by atoms with Gasteiger partial charge in [-0.25, -0.2) is 0 Å². The summed E-state index contributed by atoms with van der Waals surface area (Å²) in [6, 6.07) is 0. The second-order valence-corrected chi connectivity index (χ2v) is 2.47. The molecule has 0 fully saturated rings. The topological polar surface area (TPSA) is 12.0 Å². The Kier molecular flexibility index (Phi) is 5.49. The van der Waals surface area contributed by atoms with E-state index >= 15 is 0 Å². The Morgan fingerprint density at radius 3 is 2.36 bits per heavy atom. The minimum atomic E-state index is 0.993. The van der Waals surface area contributed by atoms with Gasteiger partial charge in [-0.3, -0.25) is 0 Å². The van der Waals surface area contributed by atoms with Crippen molar-refractivity contribution in [1.29, 1.82) is 0 Å². The Bertz CT molecular complexity index is 166. The summed E-state index contributed by atoms with van der Waals surface area (Å²) in [6.07, 6.45) is 4.79. The molecule has 0 aromatic heterocycles. The maximum Gasteiger partial charge on any atom is -0.00113 e. The third kappa shape index (κ3) is 3.79. The molecule has 0 aliphatic heterocycles. The van der Waals surface area contributed by atoms with E-state index in [2.05, 4.69) is 25.4 Å². The molecule has 0 aliphatic carbocycles. The number of rotatable bonds is 5. The number of allylic oxidation sites excluding steroid dienone is 3. The van der Waals surface area contributed by atoms with E-state index in [1.165, 1.54) is 11.1 Å². The van der Waals surface area contributed by atoms with Crippen molar-refractivity contribution < 1.29 is 0 Å². The highest BCUT2D eigenvalue weighted by molar-refractivity contribution is 5.29. The van der Waals surface area contributed by atoms with Gasteiger partial charge in [0.1, 0.15) is 0 Å². The van der Waals surface area contributed by atoms with Crippen LogP contribution < -0.4 is 5.32 Å². The zero-order chi connectivity index (χ0) is 8.69. The molecule has 0 aromatic rings. The molecular weight excluding hydrogens is 134 g/mol. The molecule has 1 nitrogen and oxygen atoms in total. The zero-order valence-electron chi connectivity index (χ0n) is 7.48. The SMILES string of the molecule is C=C/C(C)=C(\C=C)CCNC.